The largest absolute Gasteiger partial charge is 0.340 e. The number of nitrogens with one attached hydrogen (secondary N) is 1. The lowest BCUT2D eigenvalue weighted by atomic mass is 9.88. The maximum Gasteiger partial charge on any atom is 0.243 e. The monoisotopic (exact) mass is 435 g/mol. The number of rotatable bonds is 5. The number of carbonyl (C=O) groups is 1. The van der Waals surface area contributed by atoms with E-state index in [2.05, 4.69) is 9.88 Å². The summed E-state index contributed by atoms with van der Waals surface area (Å²) in [7, 11) is 0. The van der Waals surface area contributed by atoms with Gasteiger partial charge in [-0.2, -0.15) is 0 Å². The molecule has 168 valence electrons. The molecule has 0 radical (unpaired) electrons. The van der Waals surface area contributed by atoms with Crippen LogP contribution in [0.15, 0.2) is 48.5 Å². The Labute approximate surface area is 188 Å². The van der Waals surface area contributed by atoms with E-state index in [1.807, 2.05) is 45.0 Å². The normalized spacial score (nSPS) is 15.4. The van der Waals surface area contributed by atoms with Crippen LogP contribution in [-0.2, 0) is 17.9 Å². The van der Waals surface area contributed by atoms with Gasteiger partial charge in [-0.05, 0) is 56.2 Å². The first-order valence-corrected chi connectivity index (χ1v) is 10.9. The molecular weight excluding hydrogens is 405 g/mol. The average molecular weight is 436 g/mol. The molecule has 4 rings (SSSR count). The molecule has 3 N–H and O–H groups in total. The highest BCUT2D eigenvalue weighted by Gasteiger charge is 2.38. The Morgan fingerprint density at radius 2 is 1.78 bits per heavy atom. The van der Waals surface area contributed by atoms with Gasteiger partial charge in [0, 0.05) is 24.3 Å². The van der Waals surface area contributed by atoms with Crippen molar-refractivity contribution in [3.05, 3.63) is 65.7 Å². The van der Waals surface area contributed by atoms with Crippen LogP contribution < -0.4 is 11.1 Å². The molecule has 1 aromatic heterocycles. The molecule has 2 aromatic carbocycles. The Kier molecular flexibility index (Phi) is 5.77. The minimum Gasteiger partial charge on any atom is -0.340 e. The molecule has 0 spiro atoms. The number of nitrogens with zero attached hydrogens (tertiary/aromatic N) is 3. The van der Waals surface area contributed by atoms with Gasteiger partial charge in [0.05, 0.1) is 12.1 Å². The number of amides is 1. The summed E-state index contributed by atoms with van der Waals surface area (Å²) >= 11 is 0. The number of aromatic nitrogens is 2. The number of imidazole rings is 1. The molecule has 7 heteroatoms. The van der Waals surface area contributed by atoms with Gasteiger partial charge in [-0.25, -0.2) is 9.37 Å². The molecular formula is C25H30FN5O. The van der Waals surface area contributed by atoms with Crippen molar-refractivity contribution >= 4 is 17.4 Å². The predicted molar refractivity (Wildman–Crippen MR) is 125 cm³/mol. The molecule has 3 aromatic rings. The number of carbonyl (C=O) groups excluding carboxylic acids is 1. The van der Waals surface area contributed by atoms with Gasteiger partial charge in [-0.15, -0.1) is 0 Å². The zero-order valence-electron chi connectivity index (χ0n) is 19.0. The smallest absolute Gasteiger partial charge is 0.243 e. The van der Waals surface area contributed by atoms with E-state index in [-0.39, 0.29) is 17.6 Å². The van der Waals surface area contributed by atoms with Crippen LogP contribution in [-0.4, -0.2) is 32.4 Å². The number of aryl methyl sites for hydroxylation is 1. The number of anilines is 2. The SMILES string of the molecule is Cc1ccc(Nc2c(-c3ccc(F)cc3)nc3n2CCN(C(=O)C(C)(N)C(C)C)C3)cc1. The van der Waals surface area contributed by atoms with Gasteiger partial charge >= 0.3 is 0 Å². The lowest BCUT2D eigenvalue weighted by Gasteiger charge is -2.36. The van der Waals surface area contributed by atoms with Crippen molar-refractivity contribution in [2.45, 2.75) is 46.3 Å². The fourth-order valence-electron chi connectivity index (χ4n) is 3.80. The number of hydrogen-bond acceptors (Lipinski definition) is 4. The van der Waals surface area contributed by atoms with E-state index in [9.17, 15) is 9.18 Å². The number of fused-ring (bicyclic) bond motifs is 1. The molecule has 0 aliphatic carbocycles. The van der Waals surface area contributed by atoms with Gasteiger partial charge in [0.15, 0.2) is 0 Å². The first-order chi connectivity index (χ1) is 15.2. The fourth-order valence-corrected chi connectivity index (χ4v) is 3.80. The summed E-state index contributed by atoms with van der Waals surface area (Å²) in [5.41, 5.74) is 9.07. The first kappa shape index (κ1) is 22.0. The number of halogens is 1. The maximum absolute atomic E-state index is 13.5. The van der Waals surface area contributed by atoms with Crippen molar-refractivity contribution in [2.75, 3.05) is 11.9 Å². The van der Waals surface area contributed by atoms with Crippen LogP contribution >= 0.6 is 0 Å². The van der Waals surface area contributed by atoms with Crippen molar-refractivity contribution in [3.8, 4) is 11.3 Å². The van der Waals surface area contributed by atoms with Crippen LogP contribution in [0, 0.1) is 18.7 Å². The summed E-state index contributed by atoms with van der Waals surface area (Å²) in [5, 5.41) is 3.49. The zero-order valence-corrected chi connectivity index (χ0v) is 19.0. The van der Waals surface area contributed by atoms with Gasteiger partial charge in [0.25, 0.3) is 0 Å². The molecule has 1 atom stereocenters. The summed E-state index contributed by atoms with van der Waals surface area (Å²) in [4.78, 5) is 19.8. The quantitative estimate of drug-likeness (QED) is 0.621. The van der Waals surface area contributed by atoms with Crippen LogP contribution in [0.4, 0.5) is 15.9 Å². The van der Waals surface area contributed by atoms with Gasteiger partial charge in [0.1, 0.15) is 23.2 Å². The second-order valence-corrected chi connectivity index (χ2v) is 9.04. The maximum atomic E-state index is 13.5. The Hall–Kier alpha value is -3.19. The summed E-state index contributed by atoms with van der Waals surface area (Å²) in [6, 6.07) is 14.4. The van der Waals surface area contributed by atoms with Crippen LogP contribution in [0.3, 0.4) is 0 Å². The minimum absolute atomic E-state index is 0.0187. The van der Waals surface area contributed by atoms with Crippen LogP contribution in [0.25, 0.3) is 11.3 Å². The molecule has 0 fully saturated rings. The Morgan fingerprint density at radius 1 is 1.12 bits per heavy atom. The minimum atomic E-state index is -0.933. The fraction of sp³-hybridized carbons (Fsp3) is 0.360. The van der Waals surface area contributed by atoms with E-state index in [4.69, 9.17) is 10.7 Å². The van der Waals surface area contributed by atoms with Crippen molar-refractivity contribution in [1.82, 2.24) is 14.5 Å². The van der Waals surface area contributed by atoms with Gasteiger partial charge in [-0.1, -0.05) is 31.5 Å². The summed E-state index contributed by atoms with van der Waals surface area (Å²) in [6.07, 6.45) is 0. The summed E-state index contributed by atoms with van der Waals surface area (Å²) in [5.74, 6) is 1.27. The van der Waals surface area contributed by atoms with Crippen LogP contribution in [0.2, 0.25) is 0 Å². The highest BCUT2D eigenvalue weighted by Crippen LogP contribution is 2.34. The Balaban J connectivity index is 1.72. The molecule has 6 nitrogen and oxygen atoms in total. The molecule has 1 unspecified atom stereocenters. The third-order valence-corrected chi connectivity index (χ3v) is 6.35. The van der Waals surface area contributed by atoms with Crippen molar-refractivity contribution in [3.63, 3.8) is 0 Å². The Morgan fingerprint density at radius 3 is 2.41 bits per heavy atom. The number of benzene rings is 2. The van der Waals surface area contributed by atoms with E-state index in [1.165, 1.54) is 17.7 Å². The predicted octanol–water partition coefficient (Wildman–Crippen LogP) is 4.46. The highest BCUT2D eigenvalue weighted by molar-refractivity contribution is 5.86. The van der Waals surface area contributed by atoms with E-state index in [1.54, 1.807) is 24.0 Å². The van der Waals surface area contributed by atoms with Crippen molar-refractivity contribution in [2.24, 2.45) is 11.7 Å². The van der Waals surface area contributed by atoms with Crippen LogP contribution in [0.1, 0.15) is 32.2 Å². The van der Waals surface area contributed by atoms with Crippen LogP contribution in [0.5, 0.6) is 0 Å². The molecule has 32 heavy (non-hydrogen) atoms. The summed E-state index contributed by atoms with van der Waals surface area (Å²) in [6.45, 7) is 9.27. The molecule has 0 saturated carbocycles. The lowest BCUT2D eigenvalue weighted by Crippen LogP contribution is -2.57. The van der Waals surface area contributed by atoms with E-state index in [0.717, 1.165) is 28.6 Å². The third-order valence-electron chi connectivity index (χ3n) is 6.35. The molecule has 1 aliphatic heterocycles. The second kappa shape index (κ2) is 8.39. The molecule has 1 amide bonds. The molecule has 2 heterocycles. The van der Waals surface area contributed by atoms with E-state index in [0.29, 0.717) is 19.6 Å². The zero-order chi connectivity index (χ0) is 23.0. The third kappa shape index (κ3) is 4.12. The standard InChI is InChI=1S/C25H30FN5O/c1-16(2)25(4,27)24(32)30-13-14-31-21(15-30)29-22(18-7-9-19(26)10-8-18)23(31)28-20-11-5-17(3)6-12-20/h5-12,16,28H,13-15,27H2,1-4H3. The molecule has 0 bridgehead atoms. The van der Waals surface area contributed by atoms with Gasteiger partial charge < -0.3 is 20.5 Å². The van der Waals surface area contributed by atoms with E-state index < -0.39 is 5.54 Å². The summed E-state index contributed by atoms with van der Waals surface area (Å²) < 4.78 is 15.6. The van der Waals surface area contributed by atoms with Gasteiger partial charge in [-0.3, -0.25) is 4.79 Å². The average Bonchev–Trinajstić information content (AvgIpc) is 3.12. The lowest BCUT2D eigenvalue weighted by molar-refractivity contribution is -0.139. The molecule has 0 saturated heterocycles. The van der Waals surface area contributed by atoms with Gasteiger partial charge in [0.2, 0.25) is 5.91 Å². The highest BCUT2D eigenvalue weighted by atomic mass is 19.1. The number of hydrogen-bond donors (Lipinski definition) is 2. The van der Waals surface area contributed by atoms with Crippen molar-refractivity contribution in [1.29, 1.82) is 0 Å². The number of nitrogens with two attached hydrogens (primary N) is 1. The molecule has 1 aliphatic rings. The first-order valence-electron chi connectivity index (χ1n) is 10.9. The second-order valence-electron chi connectivity index (χ2n) is 9.04. The van der Waals surface area contributed by atoms with Crippen molar-refractivity contribution < 1.29 is 9.18 Å². The topological polar surface area (TPSA) is 76.2 Å². The van der Waals surface area contributed by atoms with E-state index >= 15 is 0 Å². The Bertz CT molecular complexity index is 1120.